The summed E-state index contributed by atoms with van der Waals surface area (Å²) in [6, 6.07) is 1.44. The van der Waals surface area contributed by atoms with Gasteiger partial charge in [-0.15, -0.1) is 5.10 Å². The molecule has 9 nitrogen and oxygen atoms in total. The summed E-state index contributed by atoms with van der Waals surface area (Å²) >= 11 is 5.83. The van der Waals surface area contributed by atoms with E-state index in [0.717, 1.165) is 11.5 Å². The highest BCUT2D eigenvalue weighted by atomic mass is 35.5. The molecule has 0 fully saturated rings. The Labute approximate surface area is 169 Å². The van der Waals surface area contributed by atoms with Gasteiger partial charge in [-0.25, -0.2) is 19.0 Å². The maximum absolute atomic E-state index is 14.3. The first-order valence-electron chi connectivity index (χ1n) is 8.61. The van der Waals surface area contributed by atoms with E-state index in [1.54, 1.807) is 17.0 Å². The number of fused-ring (bicyclic) bond motifs is 1. The molecule has 0 saturated carbocycles. The molecule has 0 spiro atoms. The zero-order valence-corrected chi connectivity index (χ0v) is 16.1. The fraction of sp³-hybridized carbons (Fsp3) is 0.167. The average molecular weight is 415 g/mol. The molecule has 4 heterocycles. The largest absolute Gasteiger partial charge is 0.345 e. The van der Waals surface area contributed by atoms with E-state index >= 15 is 0 Å². The Hall–Kier alpha value is -3.53. The van der Waals surface area contributed by atoms with Crippen molar-refractivity contribution in [1.82, 2.24) is 39.2 Å². The number of pyridine rings is 1. The second kappa shape index (κ2) is 7.47. The normalized spacial score (nSPS) is 11.1. The summed E-state index contributed by atoms with van der Waals surface area (Å²) in [5, 5.41) is 10.5. The van der Waals surface area contributed by atoms with Crippen molar-refractivity contribution >= 4 is 29.2 Å². The monoisotopic (exact) mass is 414 g/mol. The first kappa shape index (κ1) is 18.8. The summed E-state index contributed by atoms with van der Waals surface area (Å²) in [7, 11) is 0. The molecule has 0 aromatic carbocycles. The van der Waals surface area contributed by atoms with Crippen LogP contribution in [0.25, 0.3) is 11.7 Å². The molecule has 0 saturated heterocycles. The van der Waals surface area contributed by atoms with Gasteiger partial charge in [-0.3, -0.25) is 4.79 Å². The van der Waals surface area contributed by atoms with Crippen LogP contribution >= 0.6 is 11.6 Å². The molecular weight excluding hydrogens is 399 g/mol. The number of rotatable bonds is 6. The van der Waals surface area contributed by atoms with E-state index < -0.39 is 11.7 Å². The first-order chi connectivity index (χ1) is 14.0. The number of aromatic nitrogens is 7. The van der Waals surface area contributed by atoms with Crippen LogP contribution in [-0.2, 0) is 13.1 Å². The Morgan fingerprint density at radius 1 is 1.41 bits per heavy atom. The molecule has 0 bridgehead atoms. The van der Waals surface area contributed by atoms with E-state index in [2.05, 4.69) is 32.2 Å². The van der Waals surface area contributed by atoms with Gasteiger partial charge >= 0.3 is 0 Å². The van der Waals surface area contributed by atoms with Crippen LogP contribution in [0.1, 0.15) is 27.7 Å². The molecular formula is C18H16ClFN8O. The van der Waals surface area contributed by atoms with Crippen molar-refractivity contribution < 1.29 is 9.18 Å². The fourth-order valence-electron chi connectivity index (χ4n) is 2.92. The summed E-state index contributed by atoms with van der Waals surface area (Å²) in [6.07, 6.45) is 8.05. The van der Waals surface area contributed by atoms with Gasteiger partial charge in [0.05, 0.1) is 42.0 Å². The molecule has 0 aliphatic rings. The van der Waals surface area contributed by atoms with E-state index in [0.29, 0.717) is 12.2 Å². The van der Waals surface area contributed by atoms with Crippen molar-refractivity contribution in [3.63, 3.8) is 0 Å². The third-order valence-electron chi connectivity index (χ3n) is 4.34. The van der Waals surface area contributed by atoms with Gasteiger partial charge in [0.2, 0.25) is 0 Å². The van der Waals surface area contributed by atoms with Crippen molar-refractivity contribution in [2.45, 2.75) is 20.0 Å². The number of carbonyl (C=O) groups excluding carboxylic acids is 1. The molecule has 0 aliphatic carbocycles. The van der Waals surface area contributed by atoms with Gasteiger partial charge in [0.1, 0.15) is 11.3 Å². The Balaban J connectivity index is 1.44. The number of hydrogen-bond acceptors (Lipinski definition) is 5. The van der Waals surface area contributed by atoms with Crippen LogP contribution < -0.4 is 5.32 Å². The highest BCUT2D eigenvalue weighted by Gasteiger charge is 2.16. The van der Waals surface area contributed by atoms with Crippen molar-refractivity contribution in [2.75, 3.05) is 0 Å². The maximum atomic E-state index is 14.3. The van der Waals surface area contributed by atoms with E-state index in [1.807, 2.05) is 13.1 Å². The zero-order valence-electron chi connectivity index (χ0n) is 15.4. The van der Waals surface area contributed by atoms with E-state index in [4.69, 9.17) is 11.6 Å². The number of halogens is 2. The van der Waals surface area contributed by atoms with Crippen molar-refractivity contribution in [3.05, 3.63) is 71.3 Å². The highest BCUT2D eigenvalue weighted by Crippen LogP contribution is 2.21. The van der Waals surface area contributed by atoms with E-state index in [-0.39, 0.29) is 22.8 Å². The SMILES string of the molecule is C=Cn1cc(Cn2cc(C(=O)NCc3ncn4ccc(Cl)c(F)c34)nn2)nc1C. The Morgan fingerprint density at radius 3 is 3.00 bits per heavy atom. The van der Waals surface area contributed by atoms with Gasteiger partial charge < -0.3 is 14.3 Å². The lowest BCUT2D eigenvalue weighted by Gasteiger charge is -2.03. The topological polar surface area (TPSA) is 94.9 Å². The Bertz CT molecular complexity index is 1220. The summed E-state index contributed by atoms with van der Waals surface area (Å²) in [5.41, 5.74) is 1.47. The third-order valence-corrected chi connectivity index (χ3v) is 4.64. The minimum absolute atomic E-state index is 0.0114. The molecule has 0 aliphatic heterocycles. The second-order valence-corrected chi connectivity index (χ2v) is 6.69. The summed E-state index contributed by atoms with van der Waals surface area (Å²) < 4.78 is 19.1. The predicted octanol–water partition coefficient (Wildman–Crippen LogP) is 2.30. The highest BCUT2D eigenvalue weighted by molar-refractivity contribution is 6.31. The van der Waals surface area contributed by atoms with E-state index in [1.165, 1.54) is 27.7 Å². The van der Waals surface area contributed by atoms with E-state index in [9.17, 15) is 9.18 Å². The van der Waals surface area contributed by atoms with Crippen LogP contribution in [0.5, 0.6) is 0 Å². The fourth-order valence-corrected chi connectivity index (χ4v) is 3.07. The number of amides is 1. The molecule has 11 heteroatoms. The minimum atomic E-state index is -0.587. The van der Waals surface area contributed by atoms with Gasteiger partial charge in [-0.2, -0.15) is 0 Å². The second-order valence-electron chi connectivity index (χ2n) is 6.28. The first-order valence-corrected chi connectivity index (χ1v) is 8.99. The van der Waals surface area contributed by atoms with Crippen LogP contribution in [0, 0.1) is 12.7 Å². The molecule has 4 rings (SSSR count). The van der Waals surface area contributed by atoms with Gasteiger partial charge in [-0.1, -0.05) is 23.4 Å². The summed E-state index contributed by atoms with van der Waals surface area (Å²) in [6.45, 7) is 5.94. The lowest BCUT2D eigenvalue weighted by molar-refractivity contribution is 0.0945. The molecule has 1 N–H and O–H groups in total. The molecule has 148 valence electrons. The zero-order chi connectivity index (χ0) is 20.5. The van der Waals surface area contributed by atoms with Gasteiger partial charge in [-0.05, 0) is 13.0 Å². The van der Waals surface area contributed by atoms with Crippen LogP contribution in [0.15, 0.2) is 37.6 Å². The molecule has 29 heavy (non-hydrogen) atoms. The smallest absolute Gasteiger partial charge is 0.273 e. The average Bonchev–Trinajstić information content (AvgIpc) is 3.42. The number of nitrogens with one attached hydrogen (secondary N) is 1. The quantitative estimate of drug-likeness (QED) is 0.522. The van der Waals surface area contributed by atoms with Gasteiger partial charge in [0.15, 0.2) is 11.5 Å². The molecule has 4 aromatic heterocycles. The number of imidazole rings is 2. The van der Waals surface area contributed by atoms with Gasteiger partial charge in [0.25, 0.3) is 5.91 Å². The molecule has 0 unspecified atom stereocenters. The van der Waals surface area contributed by atoms with Crippen molar-refractivity contribution in [2.24, 2.45) is 0 Å². The van der Waals surface area contributed by atoms with Crippen molar-refractivity contribution in [3.8, 4) is 0 Å². The van der Waals surface area contributed by atoms with Crippen LogP contribution in [0.3, 0.4) is 0 Å². The summed E-state index contributed by atoms with van der Waals surface area (Å²) in [4.78, 5) is 20.9. The number of hydrogen-bond donors (Lipinski definition) is 1. The third kappa shape index (κ3) is 3.61. The standard InChI is InChI=1S/C18H16ClFN8O/c1-3-26-7-12(23-11(26)2)8-28-9-15(24-25-28)18(29)21-6-14-17-16(20)13(19)4-5-27(17)10-22-14/h3-5,7,9-10H,1,6,8H2,2H3,(H,21,29). The predicted molar refractivity (Wildman–Crippen MR) is 104 cm³/mol. The molecule has 1 amide bonds. The molecule has 0 atom stereocenters. The molecule has 0 radical (unpaired) electrons. The van der Waals surface area contributed by atoms with Crippen LogP contribution in [0.2, 0.25) is 5.02 Å². The van der Waals surface area contributed by atoms with Crippen LogP contribution in [-0.4, -0.2) is 39.8 Å². The number of aryl methyl sites for hydroxylation is 1. The molecule has 4 aromatic rings. The lowest BCUT2D eigenvalue weighted by atomic mass is 10.3. The minimum Gasteiger partial charge on any atom is -0.345 e. The summed E-state index contributed by atoms with van der Waals surface area (Å²) in [5.74, 6) is -0.239. The Kier molecular flexibility index (Phi) is 4.85. The van der Waals surface area contributed by atoms with Crippen molar-refractivity contribution in [1.29, 1.82) is 0 Å². The lowest BCUT2D eigenvalue weighted by Crippen LogP contribution is -2.23. The van der Waals surface area contributed by atoms with Gasteiger partial charge in [0, 0.05) is 18.6 Å². The Morgan fingerprint density at radius 2 is 2.24 bits per heavy atom. The number of nitrogens with zero attached hydrogens (tertiary/aromatic N) is 7. The van der Waals surface area contributed by atoms with Crippen LogP contribution in [0.4, 0.5) is 4.39 Å². The maximum Gasteiger partial charge on any atom is 0.273 e. The number of carbonyl (C=O) groups is 1.